The Morgan fingerprint density at radius 3 is 1.67 bits per heavy atom. The average molecular weight is 792 g/mol. The zero-order valence-corrected chi connectivity index (χ0v) is 36.7. The van der Waals surface area contributed by atoms with Gasteiger partial charge in [0.05, 0.1) is 25.2 Å². The van der Waals surface area contributed by atoms with Crippen molar-refractivity contribution in [1.82, 2.24) is 5.32 Å². The van der Waals surface area contributed by atoms with E-state index in [0.29, 0.717) is 19.3 Å². The van der Waals surface area contributed by atoms with Crippen molar-refractivity contribution in [2.24, 2.45) is 0 Å². The highest BCUT2D eigenvalue weighted by Crippen LogP contribution is 2.16. The minimum Gasteiger partial charge on any atom is -0.462 e. The van der Waals surface area contributed by atoms with E-state index in [1.165, 1.54) is 38.5 Å². The van der Waals surface area contributed by atoms with Gasteiger partial charge in [-0.15, -0.1) is 0 Å². The van der Waals surface area contributed by atoms with E-state index in [1.807, 2.05) is 18.2 Å². The van der Waals surface area contributed by atoms with E-state index in [-0.39, 0.29) is 24.9 Å². The van der Waals surface area contributed by atoms with Crippen LogP contribution in [0.4, 0.5) is 0 Å². The number of hydrogen-bond donors (Lipinski definition) is 3. The van der Waals surface area contributed by atoms with Crippen molar-refractivity contribution in [1.29, 1.82) is 0 Å². The lowest BCUT2D eigenvalue weighted by atomic mass is 10.0. The number of ether oxygens (including phenoxy) is 1. The first-order chi connectivity index (χ1) is 28.0. The highest BCUT2D eigenvalue weighted by atomic mass is 16.5. The number of aliphatic hydroxyl groups excluding tert-OH is 2. The van der Waals surface area contributed by atoms with Crippen LogP contribution in [-0.2, 0) is 14.3 Å². The fourth-order valence-electron chi connectivity index (χ4n) is 6.32. The first-order valence-electron chi connectivity index (χ1n) is 23.0. The zero-order chi connectivity index (χ0) is 41.7. The number of carbonyl (C=O) groups excluding carboxylic acids is 2. The lowest BCUT2D eigenvalue weighted by Crippen LogP contribution is -2.46. The minimum atomic E-state index is -0.809. The van der Waals surface area contributed by atoms with Crippen LogP contribution < -0.4 is 5.32 Å². The van der Waals surface area contributed by atoms with Gasteiger partial charge in [-0.25, -0.2) is 0 Å². The summed E-state index contributed by atoms with van der Waals surface area (Å²) in [7, 11) is 0. The van der Waals surface area contributed by atoms with E-state index in [4.69, 9.17) is 4.74 Å². The molecule has 0 saturated heterocycles. The quantitative estimate of drug-likeness (QED) is 0.0249. The van der Waals surface area contributed by atoms with Crippen molar-refractivity contribution in [3.63, 3.8) is 0 Å². The van der Waals surface area contributed by atoms with Crippen molar-refractivity contribution in [2.45, 2.75) is 206 Å². The van der Waals surface area contributed by atoms with Gasteiger partial charge in [0.15, 0.2) is 0 Å². The second kappa shape index (κ2) is 43.9. The number of unbranched alkanes of at least 4 members (excludes halogenated alkanes) is 14. The molecule has 1 amide bonds. The number of hydrogen-bond acceptors (Lipinski definition) is 5. The third-order valence-corrected chi connectivity index (χ3v) is 9.75. The largest absolute Gasteiger partial charge is 0.462 e. The molecule has 0 fully saturated rings. The summed E-state index contributed by atoms with van der Waals surface area (Å²) in [6, 6.07) is -0.727. The molecular formula is C51H85NO5. The topological polar surface area (TPSA) is 95.9 Å². The standard InChI is InChI=1S/C51H85NO5/c1-4-7-10-13-16-19-21-23-25-27-29-32-35-38-41-44-51(56)57-47(42-39-36-33-31-28-26-24-22-20-17-14-11-8-5-2)45-50(55)52-48(46-53)49(54)43-40-37-34-30-18-15-12-9-6-3/h7-8,10-11,13,16-17,19-21,23-26,31,33,47-49,53-54H,4-6,9,12,14-15,18,22,27-30,32,34-46H2,1-3H3,(H,52,55)/b10-7+,11-8+,16-13+,20-17+,21-19+,25-23-,26-24+,33-31+. The first-order valence-corrected chi connectivity index (χ1v) is 23.0. The van der Waals surface area contributed by atoms with E-state index in [9.17, 15) is 19.8 Å². The molecule has 0 saturated carbocycles. The molecule has 0 spiro atoms. The molecular weight excluding hydrogens is 707 g/mol. The summed E-state index contributed by atoms with van der Waals surface area (Å²) in [5, 5.41) is 23.6. The van der Waals surface area contributed by atoms with Crippen molar-refractivity contribution < 1.29 is 24.5 Å². The van der Waals surface area contributed by atoms with Crippen molar-refractivity contribution in [3.05, 3.63) is 97.2 Å². The van der Waals surface area contributed by atoms with Gasteiger partial charge in [0.1, 0.15) is 6.10 Å². The fraction of sp³-hybridized carbons (Fsp3) is 0.647. The van der Waals surface area contributed by atoms with E-state index in [0.717, 1.165) is 103 Å². The van der Waals surface area contributed by atoms with Gasteiger partial charge in [-0.3, -0.25) is 9.59 Å². The fourth-order valence-corrected chi connectivity index (χ4v) is 6.32. The Morgan fingerprint density at radius 2 is 1.05 bits per heavy atom. The molecule has 0 rings (SSSR count). The molecule has 3 unspecified atom stereocenters. The first kappa shape index (κ1) is 53.8. The van der Waals surface area contributed by atoms with E-state index in [1.54, 1.807) is 0 Å². The molecule has 6 nitrogen and oxygen atoms in total. The number of carbonyl (C=O) groups is 2. The lowest BCUT2D eigenvalue weighted by Gasteiger charge is -2.24. The predicted molar refractivity (Wildman–Crippen MR) is 245 cm³/mol. The van der Waals surface area contributed by atoms with Crippen LogP contribution in [0, 0.1) is 0 Å². The van der Waals surface area contributed by atoms with Crippen LogP contribution in [0.1, 0.15) is 188 Å². The monoisotopic (exact) mass is 792 g/mol. The number of nitrogens with one attached hydrogen (secondary N) is 1. The molecule has 3 atom stereocenters. The summed E-state index contributed by atoms with van der Waals surface area (Å²) in [4.78, 5) is 26.0. The molecule has 0 aromatic rings. The maximum atomic E-state index is 13.1. The number of esters is 1. The number of aliphatic hydroxyl groups is 2. The lowest BCUT2D eigenvalue weighted by molar-refractivity contribution is -0.151. The SMILES string of the molecule is CC/C=C/C=C/C=C/C=C\CCCCCCCC(=O)OC(CCC/C=C/C/C=C/C/C=C/C/C=C/CC)CC(=O)NC(CO)C(O)CCCCCCCCCCC. The van der Waals surface area contributed by atoms with Gasteiger partial charge in [0.2, 0.25) is 5.91 Å². The zero-order valence-electron chi connectivity index (χ0n) is 36.7. The summed E-state index contributed by atoms with van der Waals surface area (Å²) < 4.78 is 5.87. The van der Waals surface area contributed by atoms with Gasteiger partial charge in [0.25, 0.3) is 0 Å². The Balaban J connectivity index is 4.77. The summed E-state index contributed by atoms with van der Waals surface area (Å²) in [5.74, 6) is -0.568. The molecule has 3 N–H and O–H groups in total. The average Bonchev–Trinajstić information content (AvgIpc) is 3.20. The van der Waals surface area contributed by atoms with Crippen LogP contribution in [0.5, 0.6) is 0 Å². The molecule has 0 heterocycles. The van der Waals surface area contributed by atoms with Crippen LogP contribution in [0.15, 0.2) is 97.2 Å². The van der Waals surface area contributed by atoms with E-state index in [2.05, 4.69) is 105 Å². The van der Waals surface area contributed by atoms with Crippen molar-refractivity contribution in [3.8, 4) is 0 Å². The summed E-state index contributed by atoms with van der Waals surface area (Å²) >= 11 is 0. The summed E-state index contributed by atoms with van der Waals surface area (Å²) in [6.07, 6.45) is 57.5. The number of allylic oxidation sites excluding steroid dienone is 16. The maximum absolute atomic E-state index is 13.1. The molecule has 6 heteroatoms. The van der Waals surface area contributed by atoms with Gasteiger partial charge in [-0.1, -0.05) is 195 Å². The van der Waals surface area contributed by atoms with Gasteiger partial charge in [-0.05, 0) is 77.0 Å². The normalized spacial score (nSPS) is 14.3. The van der Waals surface area contributed by atoms with E-state index < -0.39 is 18.2 Å². The molecule has 0 radical (unpaired) electrons. The molecule has 57 heavy (non-hydrogen) atoms. The van der Waals surface area contributed by atoms with Crippen molar-refractivity contribution in [2.75, 3.05) is 6.61 Å². The Bertz CT molecular complexity index is 1160. The predicted octanol–water partition coefficient (Wildman–Crippen LogP) is 13.4. The number of amides is 1. The molecule has 0 aromatic heterocycles. The molecule has 0 aliphatic heterocycles. The second-order valence-corrected chi connectivity index (χ2v) is 15.1. The van der Waals surface area contributed by atoms with Gasteiger partial charge in [0, 0.05) is 6.42 Å². The molecule has 0 aromatic carbocycles. The van der Waals surface area contributed by atoms with Gasteiger partial charge in [-0.2, -0.15) is 0 Å². The van der Waals surface area contributed by atoms with Gasteiger partial charge >= 0.3 is 5.97 Å². The van der Waals surface area contributed by atoms with Crippen LogP contribution in [-0.4, -0.2) is 46.9 Å². The molecule has 324 valence electrons. The van der Waals surface area contributed by atoms with Crippen LogP contribution in [0.25, 0.3) is 0 Å². The Hall–Kier alpha value is -3.22. The number of rotatable bonds is 39. The second-order valence-electron chi connectivity index (χ2n) is 15.1. The minimum absolute atomic E-state index is 0.0239. The highest BCUT2D eigenvalue weighted by Gasteiger charge is 2.24. The Kier molecular flexibility index (Phi) is 41.4. The highest BCUT2D eigenvalue weighted by molar-refractivity contribution is 5.77. The smallest absolute Gasteiger partial charge is 0.306 e. The van der Waals surface area contributed by atoms with Crippen LogP contribution >= 0.6 is 0 Å². The van der Waals surface area contributed by atoms with Crippen LogP contribution in [0.2, 0.25) is 0 Å². The van der Waals surface area contributed by atoms with Gasteiger partial charge < -0.3 is 20.3 Å². The Labute approximate surface area is 350 Å². The maximum Gasteiger partial charge on any atom is 0.306 e. The third-order valence-electron chi connectivity index (χ3n) is 9.75. The Morgan fingerprint density at radius 1 is 0.544 bits per heavy atom. The molecule has 0 aliphatic rings. The summed E-state index contributed by atoms with van der Waals surface area (Å²) in [5.41, 5.74) is 0. The molecule has 0 aliphatic carbocycles. The van der Waals surface area contributed by atoms with Crippen molar-refractivity contribution >= 4 is 11.9 Å². The van der Waals surface area contributed by atoms with E-state index >= 15 is 0 Å². The van der Waals surface area contributed by atoms with Crippen LogP contribution in [0.3, 0.4) is 0 Å². The molecule has 0 bridgehead atoms. The third kappa shape index (κ3) is 39.4. The summed E-state index contributed by atoms with van der Waals surface area (Å²) in [6.45, 7) is 6.16.